The van der Waals surface area contributed by atoms with Crippen molar-refractivity contribution in [2.75, 3.05) is 4.72 Å². The molecule has 0 unspecified atom stereocenters. The summed E-state index contributed by atoms with van der Waals surface area (Å²) in [6, 6.07) is 9.85. The SMILES string of the molecule is Cc1cc(NS(=O)(=O)c2cc(Cl)ccc2Cl)ccc1C(C)(C)C. The summed E-state index contributed by atoms with van der Waals surface area (Å²) in [5.74, 6) is 0. The Kier molecular flexibility index (Phi) is 5.00. The van der Waals surface area contributed by atoms with E-state index >= 15 is 0 Å². The lowest BCUT2D eigenvalue weighted by molar-refractivity contribution is 0.586. The average Bonchev–Trinajstić information content (AvgIpc) is 2.39. The normalized spacial score (nSPS) is 12.3. The molecule has 1 N–H and O–H groups in total. The quantitative estimate of drug-likeness (QED) is 0.784. The Labute approximate surface area is 147 Å². The largest absolute Gasteiger partial charge is 0.280 e. The van der Waals surface area contributed by atoms with Crippen molar-refractivity contribution in [1.29, 1.82) is 0 Å². The van der Waals surface area contributed by atoms with Gasteiger partial charge in [0.1, 0.15) is 4.90 Å². The minimum atomic E-state index is -3.80. The van der Waals surface area contributed by atoms with Crippen LogP contribution in [-0.4, -0.2) is 8.42 Å². The molecule has 0 aromatic heterocycles. The predicted octanol–water partition coefficient (Wildman–Crippen LogP) is 5.40. The molecule has 124 valence electrons. The van der Waals surface area contributed by atoms with Crippen molar-refractivity contribution < 1.29 is 8.42 Å². The number of anilines is 1. The number of aryl methyl sites for hydroxylation is 1. The van der Waals surface area contributed by atoms with Crippen molar-refractivity contribution in [3.05, 3.63) is 57.6 Å². The third-order valence-corrected chi connectivity index (χ3v) is 5.57. The molecule has 0 radical (unpaired) electrons. The number of hydrogen-bond acceptors (Lipinski definition) is 2. The summed E-state index contributed by atoms with van der Waals surface area (Å²) in [6.07, 6.45) is 0. The first-order valence-electron chi connectivity index (χ1n) is 7.10. The van der Waals surface area contributed by atoms with Gasteiger partial charge in [0.05, 0.1) is 5.02 Å². The number of rotatable bonds is 3. The molecule has 2 aromatic rings. The van der Waals surface area contributed by atoms with Crippen LogP contribution in [-0.2, 0) is 15.4 Å². The highest BCUT2D eigenvalue weighted by Gasteiger charge is 2.20. The molecular weight excluding hydrogens is 353 g/mol. The Morgan fingerprint density at radius 1 is 1.00 bits per heavy atom. The molecule has 0 amide bonds. The molecule has 0 spiro atoms. The number of hydrogen-bond donors (Lipinski definition) is 1. The summed E-state index contributed by atoms with van der Waals surface area (Å²) in [7, 11) is -3.80. The Morgan fingerprint density at radius 3 is 2.22 bits per heavy atom. The molecule has 0 heterocycles. The van der Waals surface area contributed by atoms with Gasteiger partial charge in [-0.05, 0) is 53.8 Å². The molecule has 2 rings (SSSR count). The second kappa shape index (κ2) is 6.34. The summed E-state index contributed by atoms with van der Waals surface area (Å²) in [6.45, 7) is 8.31. The molecule has 0 aliphatic rings. The van der Waals surface area contributed by atoms with Gasteiger partial charge in [0.2, 0.25) is 0 Å². The monoisotopic (exact) mass is 371 g/mol. The fourth-order valence-electron chi connectivity index (χ4n) is 2.46. The van der Waals surface area contributed by atoms with E-state index in [-0.39, 0.29) is 15.3 Å². The minimum Gasteiger partial charge on any atom is -0.280 e. The van der Waals surface area contributed by atoms with Gasteiger partial charge in [-0.3, -0.25) is 4.72 Å². The van der Waals surface area contributed by atoms with Gasteiger partial charge < -0.3 is 0 Å². The molecule has 0 saturated heterocycles. The number of halogens is 2. The predicted molar refractivity (Wildman–Crippen MR) is 97.1 cm³/mol. The highest BCUT2D eigenvalue weighted by Crippen LogP contribution is 2.30. The molecule has 0 bridgehead atoms. The van der Waals surface area contributed by atoms with Crippen LogP contribution in [0.3, 0.4) is 0 Å². The fourth-order valence-corrected chi connectivity index (χ4v) is 4.28. The smallest absolute Gasteiger partial charge is 0.263 e. The lowest BCUT2D eigenvalue weighted by Gasteiger charge is -2.22. The van der Waals surface area contributed by atoms with Gasteiger partial charge in [0.25, 0.3) is 10.0 Å². The van der Waals surface area contributed by atoms with Crippen LogP contribution in [0.1, 0.15) is 31.9 Å². The molecule has 0 saturated carbocycles. The topological polar surface area (TPSA) is 46.2 Å². The first-order valence-corrected chi connectivity index (χ1v) is 9.33. The molecule has 2 aromatic carbocycles. The maximum atomic E-state index is 12.5. The minimum absolute atomic E-state index is 0.00223. The Morgan fingerprint density at radius 2 is 1.65 bits per heavy atom. The lowest BCUT2D eigenvalue weighted by Crippen LogP contribution is -2.16. The van der Waals surface area contributed by atoms with Crippen LogP contribution in [0.5, 0.6) is 0 Å². The van der Waals surface area contributed by atoms with E-state index in [2.05, 4.69) is 25.5 Å². The molecule has 3 nitrogen and oxygen atoms in total. The van der Waals surface area contributed by atoms with Gasteiger partial charge in [-0.15, -0.1) is 0 Å². The Balaban J connectivity index is 2.38. The number of benzene rings is 2. The van der Waals surface area contributed by atoms with Crippen LogP contribution < -0.4 is 4.72 Å². The molecule has 0 aliphatic heterocycles. The zero-order chi connectivity index (χ0) is 17.4. The molecular formula is C17H19Cl2NO2S. The summed E-state index contributed by atoms with van der Waals surface area (Å²) in [4.78, 5) is -0.0378. The maximum absolute atomic E-state index is 12.5. The Bertz CT molecular complexity index is 840. The standard InChI is InChI=1S/C17H19Cl2NO2S/c1-11-9-13(6-7-14(11)17(2,3)4)20-23(21,22)16-10-12(18)5-8-15(16)19/h5-10,20H,1-4H3. The van der Waals surface area contributed by atoms with Gasteiger partial charge in [-0.1, -0.05) is 50.0 Å². The van der Waals surface area contributed by atoms with Crippen LogP contribution in [0, 0.1) is 6.92 Å². The van der Waals surface area contributed by atoms with Crippen LogP contribution >= 0.6 is 23.2 Å². The third kappa shape index (κ3) is 4.19. The summed E-state index contributed by atoms with van der Waals surface area (Å²) in [5, 5.41) is 0.443. The van der Waals surface area contributed by atoms with E-state index in [0.717, 1.165) is 5.56 Å². The van der Waals surface area contributed by atoms with Crippen LogP contribution in [0.2, 0.25) is 10.0 Å². The first-order chi connectivity index (χ1) is 10.5. The zero-order valence-corrected chi connectivity index (χ0v) is 15.8. The van der Waals surface area contributed by atoms with Crippen molar-refractivity contribution >= 4 is 38.9 Å². The summed E-state index contributed by atoms with van der Waals surface area (Å²) < 4.78 is 27.6. The highest BCUT2D eigenvalue weighted by molar-refractivity contribution is 7.92. The van der Waals surface area contributed by atoms with Crippen LogP contribution in [0.4, 0.5) is 5.69 Å². The van der Waals surface area contributed by atoms with Crippen molar-refractivity contribution in [3.8, 4) is 0 Å². The molecule has 23 heavy (non-hydrogen) atoms. The summed E-state index contributed by atoms with van der Waals surface area (Å²) in [5.41, 5.74) is 2.68. The van der Waals surface area contributed by atoms with E-state index < -0.39 is 10.0 Å². The first kappa shape index (κ1) is 18.1. The van der Waals surface area contributed by atoms with Gasteiger partial charge in [-0.25, -0.2) is 8.42 Å². The number of sulfonamides is 1. The molecule has 0 fully saturated rings. The average molecular weight is 372 g/mol. The highest BCUT2D eigenvalue weighted by atomic mass is 35.5. The lowest BCUT2D eigenvalue weighted by atomic mass is 9.84. The van der Waals surface area contributed by atoms with Crippen molar-refractivity contribution in [1.82, 2.24) is 0 Å². The van der Waals surface area contributed by atoms with Crippen molar-refractivity contribution in [2.45, 2.75) is 38.0 Å². The van der Waals surface area contributed by atoms with Crippen molar-refractivity contribution in [3.63, 3.8) is 0 Å². The van der Waals surface area contributed by atoms with E-state index in [4.69, 9.17) is 23.2 Å². The van der Waals surface area contributed by atoms with Crippen molar-refractivity contribution in [2.24, 2.45) is 0 Å². The van der Waals surface area contributed by atoms with E-state index in [1.54, 1.807) is 12.1 Å². The van der Waals surface area contributed by atoms with Crippen LogP contribution in [0.15, 0.2) is 41.3 Å². The second-order valence-electron chi connectivity index (χ2n) is 6.46. The Hall–Kier alpha value is -1.23. The molecule has 0 atom stereocenters. The zero-order valence-electron chi connectivity index (χ0n) is 13.4. The molecule has 0 aliphatic carbocycles. The van der Waals surface area contributed by atoms with Gasteiger partial charge in [0.15, 0.2) is 0 Å². The van der Waals surface area contributed by atoms with E-state index in [0.29, 0.717) is 10.7 Å². The van der Waals surface area contributed by atoms with E-state index in [9.17, 15) is 8.42 Å². The maximum Gasteiger partial charge on any atom is 0.263 e. The molecule has 6 heteroatoms. The van der Waals surface area contributed by atoms with Gasteiger partial charge >= 0.3 is 0 Å². The third-order valence-electron chi connectivity index (χ3n) is 3.47. The number of nitrogens with one attached hydrogen (secondary N) is 1. The van der Waals surface area contributed by atoms with E-state index in [1.807, 2.05) is 19.1 Å². The fraction of sp³-hybridized carbons (Fsp3) is 0.294. The van der Waals surface area contributed by atoms with Gasteiger partial charge in [-0.2, -0.15) is 0 Å². The second-order valence-corrected chi connectivity index (χ2v) is 8.95. The summed E-state index contributed by atoms with van der Waals surface area (Å²) >= 11 is 11.9. The van der Waals surface area contributed by atoms with E-state index in [1.165, 1.54) is 17.7 Å². The van der Waals surface area contributed by atoms with Crippen LogP contribution in [0.25, 0.3) is 0 Å². The van der Waals surface area contributed by atoms with Gasteiger partial charge in [0, 0.05) is 10.7 Å².